The minimum atomic E-state index is -0.363. The van der Waals surface area contributed by atoms with Crippen molar-refractivity contribution in [1.82, 2.24) is 0 Å². The second kappa shape index (κ2) is 28.8. The van der Waals surface area contributed by atoms with Crippen LogP contribution in [0.25, 0.3) is 207 Å². The van der Waals surface area contributed by atoms with E-state index in [1.165, 1.54) is 229 Å². The number of fused-ring (bicyclic) bond motifs is 24. The maximum absolute atomic E-state index is 6.40. The van der Waals surface area contributed by atoms with Gasteiger partial charge in [-0.15, -0.1) is 0 Å². The molecule has 1 saturated heterocycles. The molecule has 0 radical (unpaired) electrons. The van der Waals surface area contributed by atoms with Crippen LogP contribution in [0.1, 0.15) is 77.6 Å². The van der Waals surface area contributed by atoms with E-state index in [0.29, 0.717) is 0 Å². The molecule has 0 unspecified atom stereocenters. The standard InChI is InChI=1S/C57H38.C33H31BO2.C30H19Br/c1-57(2)53-29-28-40(32-51(53)52-33-49-43-20-7-5-18-41(43)42-19-6-8-21-44(42)50(49)34-54(52)57)56-47-24-11-9-22-45(47)55(46-23-10-12-25-48(46)56)39-17-13-16-37(31-39)38-27-26-35-14-3-4-15-36(35)30-38;1-31(2)29-16-15-20(34-35-32(3,4)33(5,6)36-34)17-27(29)28-18-25-23-13-9-7-11-21(23)22-12-8-10-14-24(22)26(25)19-30(28)31;31-30-27-14-5-3-12-25(27)29(26-13-4-6-15-28(26)30)24-11-7-10-22(19-24)23-17-16-20-8-1-2-9-21(20)18-23/h3-34H,1-2H3;7-19H,1-6H3;1-19H. The molecular formula is C120H88BBrO2. The van der Waals surface area contributed by atoms with Gasteiger partial charge >= 0.3 is 7.12 Å². The lowest BCUT2D eigenvalue weighted by atomic mass is 9.76. The Hall–Kier alpha value is -13.6. The second-order valence-electron chi connectivity index (χ2n) is 36.4. The number of hydrogen-bond acceptors (Lipinski definition) is 2. The zero-order valence-corrected chi connectivity index (χ0v) is 72.3. The summed E-state index contributed by atoms with van der Waals surface area (Å²) < 4.78 is 14.0. The van der Waals surface area contributed by atoms with E-state index in [1.54, 1.807) is 0 Å². The quantitative estimate of drug-likeness (QED) is 0.0938. The van der Waals surface area contributed by atoms with Crippen molar-refractivity contribution in [2.45, 2.75) is 77.4 Å². The summed E-state index contributed by atoms with van der Waals surface area (Å²) in [5.41, 5.74) is 23.5. The molecule has 0 atom stereocenters. The van der Waals surface area contributed by atoms with Crippen LogP contribution in [-0.2, 0) is 20.1 Å². The monoisotopic (exact) mass is 1650 g/mol. The molecule has 22 aromatic carbocycles. The molecule has 0 N–H and O–H groups in total. The Morgan fingerprint density at radius 1 is 0.194 bits per heavy atom. The van der Waals surface area contributed by atoms with Gasteiger partial charge in [0.2, 0.25) is 0 Å². The van der Waals surface area contributed by atoms with Gasteiger partial charge in [0.15, 0.2) is 0 Å². The molecule has 1 aliphatic heterocycles. The fourth-order valence-corrected chi connectivity index (χ4v) is 21.9. The lowest BCUT2D eigenvalue weighted by molar-refractivity contribution is 0.00578. The molecule has 124 heavy (non-hydrogen) atoms. The highest BCUT2D eigenvalue weighted by atomic mass is 79.9. The van der Waals surface area contributed by atoms with E-state index < -0.39 is 0 Å². The Balaban J connectivity index is 0.000000114. The summed E-state index contributed by atoms with van der Waals surface area (Å²) in [6, 6.07) is 143. The normalized spacial score (nSPS) is 14.5. The lowest BCUT2D eigenvalue weighted by Crippen LogP contribution is -2.41. The SMILES string of the molecule is Brc1c2ccccc2c(-c2cccc(-c3ccc4ccccc4c3)c2)c2ccccc12.CC1(C)c2ccc(-c3c4ccccc4c(-c4cccc(-c5ccc6ccccc6c5)c4)c4ccccc34)cc2-c2cc3c4ccccc4c4ccccc4c3cc21.CC1(C)c2ccc(B3OC(C)(C)C(C)(C)O3)cc2-c2cc3c4ccccc4c4ccccc4c3cc21. The van der Waals surface area contributed by atoms with Crippen LogP contribution in [0.15, 0.2) is 393 Å². The lowest BCUT2D eigenvalue weighted by Gasteiger charge is -2.32. The van der Waals surface area contributed by atoms with Crippen LogP contribution < -0.4 is 5.46 Å². The molecule has 25 rings (SSSR count). The van der Waals surface area contributed by atoms with Crippen LogP contribution in [0.3, 0.4) is 0 Å². The van der Waals surface area contributed by atoms with Crippen LogP contribution in [0.5, 0.6) is 0 Å². The molecule has 4 heteroatoms. The Morgan fingerprint density at radius 3 is 0.839 bits per heavy atom. The Morgan fingerprint density at radius 2 is 0.460 bits per heavy atom. The number of rotatable bonds is 6. The van der Waals surface area contributed by atoms with Crippen molar-refractivity contribution < 1.29 is 9.31 Å². The zero-order chi connectivity index (χ0) is 83.6. The van der Waals surface area contributed by atoms with Crippen LogP contribution in [-0.4, -0.2) is 18.3 Å². The van der Waals surface area contributed by atoms with Gasteiger partial charge in [0, 0.05) is 15.3 Å². The average molecular weight is 1650 g/mol. The highest BCUT2D eigenvalue weighted by molar-refractivity contribution is 9.10. The first-order chi connectivity index (χ1) is 60.4. The maximum atomic E-state index is 6.40. The van der Waals surface area contributed by atoms with Gasteiger partial charge in [-0.2, -0.15) is 0 Å². The molecular weight excluding hydrogens is 1560 g/mol. The minimum Gasteiger partial charge on any atom is -0.399 e. The van der Waals surface area contributed by atoms with E-state index in [2.05, 4.69) is 460 Å². The Kier molecular flexibility index (Phi) is 17.5. The topological polar surface area (TPSA) is 18.5 Å². The van der Waals surface area contributed by atoms with E-state index in [1.807, 2.05) is 0 Å². The smallest absolute Gasteiger partial charge is 0.399 e. The highest BCUT2D eigenvalue weighted by Gasteiger charge is 2.52. The van der Waals surface area contributed by atoms with Crippen LogP contribution in [0.4, 0.5) is 0 Å². The summed E-state index contributed by atoms with van der Waals surface area (Å²) in [5.74, 6) is 0. The van der Waals surface area contributed by atoms with Crippen molar-refractivity contribution in [2.75, 3.05) is 0 Å². The van der Waals surface area contributed by atoms with E-state index in [4.69, 9.17) is 9.31 Å². The summed E-state index contributed by atoms with van der Waals surface area (Å²) in [6.45, 7) is 17.9. The fourth-order valence-electron chi connectivity index (χ4n) is 21.2. The van der Waals surface area contributed by atoms with Gasteiger partial charge in [-0.3, -0.25) is 0 Å². The van der Waals surface area contributed by atoms with Crippen molar-refractivity contribution in [3.05, 3.63) is 415 Å². The predicted molar refractivity (Wildman–Crippen MR) is 535 cm³/mol. The molecule has 3 aliphatic rings. The summed E-state index contributed by atoms with van der Waals surface area (Å²) in [5, 5.41) is 31.0. The number of benzene rings is 22. The third kappa shape index (κ3) is 12.0. The third-order valence-corrected chi connectivity index (χ3v) is 29.0. The Bertz CT molecular complexity index is 8160. The molecule has 22 aromatic rings. The van der Waals surface area contributed by atoms with Crippen LogP contribution >= 0.6 is 15.9 Å². The van der Waals surface area contributed by atoms with Gasteiger partial charge in [-0.25, -0.2) is 0 Å². The van der Waals surface area contributed by atoms with Gasteiger partial charge in [0.05, 0.1) is 11.2 Å². The van der Waals surface area contributed by atoms with Gasteiger partial charge in [0.25, 0.3) is 0 Å². The minimum absolute atomic E-state index is 0.0833. The second-order valence-corrected chi connectivity index (χ2v) is 37.2. The molecule has 0 aromatic heterocycles. The molecule has 1 fully saturated rings. The van der Waals surface area contributed by atoms with E-state index in [-0.39, 0.29) is 29.2 Å². The zero-order valence-electron chi connectivity index (χ0n) is 70.7. The molecule has 0 spiro atoms. The predicted octanol–water partition coefficient (Wildman–Crippen LogP) is 32.9. The van der Waals surface area contributed by atoms with Crippen molar-refractivity contribution >= 4 is 158 Å². The number of hydrogen-bond donors (Lipinski definition) is 0. The number of halogens is 1. The van der Waals surface area contributed by atoms with Crippen molar-refractivity contribution in [1.29, 1.82) is 0 Å². The van der Waals surface area contributed by atoms with Crippen LogP contribution in [0, 0.1) is 0 Å². The molecule has 0 bridgehead atoms. The summed E-state index contributed by atoms with van der Waals surface area (Å²) in [4.78, 5) is 0. The molecule has 1 heterocycles. The molecule has 2 aliphatic carbocycles. The van der Waals surface area contributed by atoms with Gasteiger partial charge < -0.3 is 9.31 Å². The average Bonchev–Trinajstić information content (AvgIpc) is 1.53. The molecule has 590 valence electrons. The largest absolute Gasteiger partial charge is 0.494 e. The molecule has 2 nitrogen and oxygen atoms in total. The van der Waals surface area contributed by atoms with E-state index in [0.717, 1.165) is 9.94 Å². The van der Waals surface area contributed by atoms with E-state index in [9.17, 15) is 0 Å². The van der Waals surface area contributed by atoms with Crippen molar-refractivity contribution in [3.63, 3.8) is 0 Å². The highest BCUT2D eigenvalue weighted by Crippen LogP contribution is 2.56. The summed E-state index contributed by atoms with van der Waals surface area (Å²) >= 11 is 3.86. The fraction of sp³-hybridized carbons (Fsp3) is 0.100. The summed E-state index contributed by atoms with van der Waals surface area (Å²) in [6.07, 6.45) is 0. The van der Waals surface area contributed by atoms with Crippen molar-refractivity contribution in [3.8, 4) is 77.9 Å². The summed E-state index contributed by atoms with van der Waals surface area (Å²) in [7, 11) is -0.363. The van der Waals surface area contributed by atoms with Gasteiger partial charge in [-0.05, 0) is 333 Å². The first-order valence-corrected chi connectivity index (χ1v) is 44.3. The van der Waals surface area contributed by atoms with Crippen molar-refractivity contribution in [2.24, 2.45) is 0 Å². The van der Waals surface area contributed by atoms with Gasteiger partial charge in [0.1, 0.15) is 0 Å². The van der Waals surface area contributed by atoms with Crippen LogP contribution in [0.2, 0.25) is 0 Å². The molecule has 0 saturated carbocycles. The Labute approximate surface area is 731 Å². The molecule has 0 amide bonds. The third-order valence-electron chi connectivity index (χ3n) is 28.2. The first kappa shape index (κ1) is 75.4. The van der Waals surface area contributed by atoms with E-state index >= 15 is 0 Å². The van der Waals surface area contributed by atoms with Gasteiger partial charge in [-0.1, -0.05) is 361 Å². The maximum Gasteiger partial charge on any atom is 0.494 e. The first-order valence-electron chi connectivity index (χ1n) is 43.5.